The predicted molar refractivity (Wildman–Crippen MR) is 142 cm³/mol. The second-order valence-electron chi connectivity index (χ2n) is 8.77. The van der Waals surface area contributed by atoms with E-state index in [0.717, 1.165) is 19.3 Å². The first-order valence-corrected chi connectivity index (χ1v) is 13.3. The van der Waals surface area contributed by atoms with Gasteiger partial charge in [-0.05, 0) is 44.7 Å². The molecule has 0 spiro atoms. The summed E-state index contributed by atoms with van der Waals surface area (Å²) in [6.07, 6.45) is 5.93. The molecule has 188 valence electrons. The molecule has 2 saturated heterocycles. The van der Waals surface area contributed by atoms with Crippen molar-refractivity contribution in [1.29, 1.82) is 5.26 Å². The maximum Gasteiger partial charge on any atom is 0.309 e. The Morgan fingerprint density at radius 2 is 1.94 bits per heavy atom. The standard InChI is InChI=1S/C25H32N4O4S2/c1-5-7-8-11-29-23(31)20(35-25(29)34)14-18-16(3)19(15-26)22(30)27(4)21(18)28-12-9-17(10-13-28)24(32)33-6-2/h14,17H,5-13H2,1-4H3. The summed E-state index contributed by atoms with van der Waals surface area (Å²) < 4.78 is 7.18. The zero-order valence-electron chi connectivity index (χ0n) is 20.8. The minimum absolute atomic E-state index is 0.0577. The number of esters is 1. The second-order valence-corrected chi connectivity index (χ2v) is 10.4. The number of nitrogens with zero attached hydrogens (tertiary/aromatic N) is 4. The molecular formula is C25H32N4O4S2. The Balaban J connectivity index is 1.99. The fourth-order valence-corrected chi connectivity index (χ4v) is 5.82. The maximum atomic E-state index is 13.1. The van der Waals surface area contributed by atoms with Crippen molar-refractivity contribution in [2.75, 3.05) is 31.1 Å². The Bertz CT molecular complexity index is 1140. The van der Waals surface area contributed by atoms with Crippen LogP contribution < -0.4 is 10.5 Å². The summed E-state index contributed by atoms with van der Waals surface area (Å²) in [7, 11) is 1.64. The summed E-state index contributed by atoms with van der Waals surface area (Å²) in [6, 6.07) is 2.03. The molecule has 0 aliphatic carbocycles. The van der Waals surface area contributed by atoms with E-state index in [9.17, 15) is 19.6 Å². The average molecular weight is 517 g/mol. The quantitative estimate of drug-likeness (QED) is 0.223. The van der Waals surface area contributed by atoms with Crippen LogP contribution in [-0.4, -0.2) is 51.9 Å². The molecule has 10 heteroatoms. The first kappa shape index (κ1) is 27.0. The van der Waals surface area contributed by atoms with E-state index in [1.807, 2.05) is 6.07 Å². The maximum absolute atomic E-state index is 13.1. The topological polar surface area (TPSA) is 95.6 Å². The lowest BCUT2D eigenvalue weighted by molar-refractivity contribution is -0.148. The Morgan fingerprint density at radius 1 is 1.26 bits per heavy atom. The first-order chi connectivity index (χ1) is 16.7. The molecule has 3 rings (SSSR count). The number of carbonyl (C=O) groups is 2. The van der Waals surface area contributed by atoms with Crippen molar-refractivity contribution in [2.24, 2.45) is 13.0 Å². The van der Waals surface area contributed by atoms with E-state index in [0.29, 0.717) is 65.3 Å². The minimum atomic E-state index is -0.378. The largest absolute Gasteiger partial charge is 0.466 e. The van der Waals surface area contributed by atoms with Gasteiger partial charge < -0.3 is 9.64 Å². The molecule has 0 atom stereocenters. The highest BCUT2D eigenvalue weighted by Gasteiger charge is 2.34. The molecular weight excluding hydrogens is 484 g/mol. The van der Waals surface area contributed by atoms with Gasteiger partial charge in [-0.1, -0.05) is 43.7 Å². The molecule has 0 unspecified atom stereocenters. The Hall–Kier alpha value is -2.64. The van der Waals surface area contributed by atoms with Gasteiger partial charge in [-0.25, -0.2) is 0 Å². The van der Waals surface area contributed by atoms with E-state index in [-0.39, 0.29) is 28.9 Å². The van der Waals surface area contributed by atoms with Crippen molar-refractivity contribution < 1.29 is 14.3 Å². The van der Waals surface area contributed by atoms with Crippen LogP contribution in [0.4, 0.5) is 5.82 Å². The zero-order valence-corrected chi connectivity index (χ0v) is 22.4. The van der Waals surface area contributed by atoms with Crippen LogP contribution in [0.25, 0.3) is 6.08 Å². The van der Waals surface area contributed by atoms with Crippen molar-refractivity contribution >= 4 is 52.1 Å². The molecule has 1 aromatic heterocycles. The highest BCUT2D eigenvalue weighted by Crippen LogP contribution is 2.36. The molecule has 0 aromatic carbocycles. The summed E-state index contributed by atoms with van der Waals surface area (Å²) in [5.41, 5.74) is 0.876. The first-order valence-electron chi connectivity index (χ1n) is 12.1. The Kier molecular flexibility index (Phi) is 9.14. The highest BCUT2D eigenvalue weighted by molar-refractivity contribution is 8.26. The number of unbranched alkanes of at least 4 members (excludes halogenated alkanes) is 2. The fraction of sp³-hybridized carbons (Fsp3) is 0.560. The number of hydrogen-bond acceptors (Lipinski definition) is 8. The molecule has 3 heterocycles. The number of hydrogen-bond donors (Lipinski definition) is 0. The molecule has 0 N–H and O–H groups in total. The van der Waals surface area contributed by atoms with Gasteiger partial charge in [0, 0.05) is 32.2 Å². The molecule has 0 saturated carbocycles. The number of rotatable bonds is 8. The summed E-state index contributed by atoms with van der Waals surface area (Å²) >= 11 is 6.72. The van der Waals surface area contributed by atoms with Crippen LogP contribution in [0.1, 0.15) is 62.6 Å². The van der Waals surface area contributed by atoms with Crippen LogP contribution >= 0.6 is 24.0 Å². The van der Waals surface area contributed by atoms with Gasteiger partial charge in [-0.15, -0.1) is 0 Å². The van der Waals surface area contributed by atoms with Crippen LogP contribution in [0, 0.1) is 24.2 Å². The van der Waals surface area contributed by atoms with Crippen molar-refractivity contribution in [3.05, 3.63) is 31.9 Å². The number of amides is 1. The number of anilines is 1. The van der Waals surface area contributed by atoms with Gasteiger partial charge >= 0.3 is 5.97 Å². The van der Waals surface area contributed by atoms with E-state index in [4.69, 9.17) is 17.0 Å². The van der Waals surface area contributed by atoms with Crippen molar-refractivity contribution in [3.8, 4) is 6.07 Å². The second kappa shape index (κ2) is 11.9. The number of piperidine rings is 1. The Morgan fingerprint density at radius 3 is 2.54 bits per heavy atom. The molecule has 2 fully saturated rings. The molecule has 1 amide bonds. The molecule has 2 aliphatic rings. The molecule has 35 heavy (non-hydrogen) atoms. The van der Waals surface area contributed by atoms with Gasteiger partial charge in [0.25, 0.3) is 11.5 Å². The molecule has 0 radical (unpaired) electrons. The van der Waals surface area contributed by atoms with Crippen LogP contribution in [0.5, 0.6) is 0 Å². The third kappa shape index (κ3) is 5.62. The lowest BCUT2D eigenvalue weighted by atomic mass is 9.95. The highest BCUT2D eigenvalue weighted by atomic mass is 32.2. The number of thioether (sulfide) groups is 1. The van der Waals surface area contributed by atoms with Crippen LogP contribution in [0.15, 0.2) is 9.70 Å². The normalized spacial score (nSPS) is 17.9. The van der Waals surface area contributed by atoms with Crippen molar-refractivity contribution in [1.82, 2.24) is 9.47 Å². The van der Waals surface area contributed by atoms with Gasteiger partial charge in [0.15, 0.2) is 0 Å². The average Bonchev–Trinajstić information content (AvgIpc) is 3.11. The van der Waals surface area contributed by atoms with Gasteiger partial charge in [-0.3, -0.25) is 23.9 Å². The van der Waals surface area contributed by atoms with E-state index in [1.165, 1.54) is 16.3 Å². The third-order valence-electron chi connectivity index (χ3n) is 6.52. The van der Waals surface area contributed by atoms with Crippen molar-refractivity contribution in [3.63, 3.8) is 0 Å². The van der Waals surface area contributed by atoms with Gasteiger partial charge in [0.05, 0.1) is 17.4 Å². The molecule has 2 aliphatic heterocycles. The number of thiocarbonyl (C=S) groups is 1. The lowest BCUT2D eigenvalue weighted by Crippen LogP contribution is -2.40. The SMILES string of the molecule is CCCCCN1C(=O)C(=Cc2c(C)c(C#N)c(=O)n(C)c2N2CCC(C(=O)OCC)CC2)SC1=S. The van der Waals surface area contributed by atoms with Gasteiger partial charge in [0.2, 0.25) is 0 Å². The van der Waals surface area contributed by atoms with Crippen molar-refractivity contribution in [2.45, 2.75) is 52.9 Å². The number of ether oxygens (including phenoxy) is 1. The number of pyridine rings is 1. The number of nitriles is 1. The van der Waals surface area contributed by atoms with Crippen LogP contribution in [0.3, 0.4) is 0 Å². The molecule has 0 bridgehead atoms. The van der Waals surface area contributed by atoms with E-state index in [1.54, 1.807) is 31.9 Å². The molecule has 8 nitrogen and oxygen atoms in total. The minimum Gasteiger partial charge on any atom is -0.466 e. The zero-order chi connectivity index (χ0) is 25.7. The van der Waals surface area contributed by atoms with Gasteiger partial charge in [-0.2, -0.15) is 5.26 Å². The predicted octanol–water partition coefficient (Wildman–Crippen LogP) is 3.74. The molecule has 1 aromatic rings. The third-order valence-corrected chi connectivity index (χ3v) is 7.89. The fourth-order valence-electron chi connectivity index (χ4n) is 4.53. The monoisotopic (exact) mass is 516 g/mol. The summed E-state index contributed by atoms with van der Waals surface area (Å²) in [4.78, 5) is 42.5. The summed E-state index contributed by atoms with van der Waals surface area (Å²) in [5, 5.41) is 9.66. The summed E-state index contributed by atoms with van der Waals surface area (Å²) in [6.45, 7) is 7.69. The van der Waals surface area contributed by atoms with Crippen LogP contribution in [0.2, 0.25) is 0 Å². The van der Waals surface area contributed by atoms with E-state index >= 15 is 0 Å². The van der Waals surface area contributed by atoms with Gasteiger partial charge in [0.1, 0.15) is 21.8 Å². The Labute approximate surface area is 215 Å². The van der Waals surface area contributed by atoms with Crippen LogP contribution in [-0.2, 0) is 21.4 Å². The van der Waals surface area contributed by atoms with E-state index < -0.39 is 0 Å². The number of carbonyl (C=O) groups excluding carboxylic acids is 2. The smallest absolute Gasteiger partial charge is 0.309 e. The van der Waals surface area contributed by atoms with E-state index in [2.05, 4.69) is 11.8 Å². The summed E-state index contributed by atoms with van der Waals surface area (Å²) in [5.74, 6) is 0.134. The number of aromatic nitrogens is 1. The lowest BCUT2D eigenvalue weighted by Gasteiger charge is -2.35.